The van der Waals surface area contributed by atoms with Crippen LogP contribution in [0.15, 0.2) is 42.5 Å². The van der Waals surface area contributed by atoms with E-state index in [1.807, 2.05) is 18.2 Å². The van der Waals surface area contributed by atoms with Crippen LogP contribution in [0.4, 0.5) is 0 Å². The van der Waals surface area contributed by atoms with Crippen molar-refractivity contribution in [3.8, 4) is 0 Å². The normalized spacial score (nSPS) is 12.5. The van der Waals surface area contributed by atoms with Gasteiger partial charge in [0.2, 0.25) is 0 Å². The van der Waals surface area contributed by atoms with Crippen molar-refractivity contribution in [3.63, 3.8) is 0 Å². The first-order chi connectivity index (χ1) is 10.1. The number of rotatable bonds is 3. The molecule has 0 N–H and O–H groups in total. The Bertz CT molecular complexity index is 664. The first-order valence-electron chi connectivity index (χ1n) is 7.64. The van der Waals surface area contributed by atoms with Crippen LogP contribution in [0, 0.1) is 0 Å². The summed E-state index contributed by atoms with van der Waals surface area (Å²) in [6.07, 6.45) is 0.928. The Kier molecular flexibility index (Phi) is 4.94. The van der Waals surface area contributed by atoms with Crippen molar-refractivity contribution in [2.24, 2.45) is 0 Å². The lowest BCUT2D eigenvalue weighted by atomic mass is 9.78. The van der Waals surface area contributed by atoms with Crippen LogP contribution >= 0.6 is 23.2 Å². The summed E-state index contributed by atoms with van der Waals surface area (Å²) in [5.41, 5.74) is 3.77. The molecule has 2 aromatic rings. The Morgan fingerprint density at radius 1 is 0.864 bits per heavy atom. The zero-order chi connectivity index (χ0) is 16.5. The second-order valence-electron chi connectivity index (χ2n) is 7.64. The summed E-state index contributed by atoms with van der Waals surface area (Å²) in [7, 11) is 0. The topological polar surface area (TPSA) is 0 Å². The van der Waals surface area contributed by atoms with Gasteiger partial charge in [0.05, 0.1) is 0 Å². The Labute approximate surface area is 144 Å². The molecule has 118 valence electrons. The third-order valence-corrected chi connectivity index (χ3v) is 4.64. The van der Waals surface area contributed by atoms with E-state index in [2.05, 4.69) is 58.9 Å². The zero-order valence-corrected chi connectivity index (χ0v) is 15.5. The van der Waals surface area contributed by atoms with Crippen LogP contribution in [0.3, 0.4) is 0 Å². The first kappa shape index (κ1) is 17.4. The second-order valence-corrected chi connectivity index (χ2v) is 8.48. The summed E-state index contributed by atoms with van der Waals surface area (Å²) < 4.78 is 0. The van der Waals surface area contributed by atoms with Gasteiger partial charge in [-0.1, -0.05) is 82.1 Å². The minimum absolute atomic E-state index is 0.0114. The summed E-state index contributed by atoms with van der Waals surface area (Å²) in [4.78, 5) is 0. The lowest BCUT2D eigenvalue weighted by Crippen LogP contribution is -2.21. The average molecular weight is 335 g/mol. The number of halogens is 2. The van der Waals surface area contributed by atoms with E-state index in [9.17, 15) is 0 Å². The molecule has 0 aliphatic carbocycles. The molecular weight excluding hydrogens is 311 g/mol. The van der Waals surface area contributed by atoms with Gasteiger partial charge in [0.25, 0.3) is 0 Å². The van der Waals surface area contributed by atoms with Crippen LogP contribution in [0.5, 0.6) is 0 Å². The molecule has 0 aliphatic heterocycles. The number of hydrogen-bond acceptors (Lipinski definition) is 0. The van der Waals surface area contributed by atoms with Crippen molar-refractivity contribution < 1.29 is 0 Å². The van der Waals surface area contributed by atoms with E-state index in [1.165, 1.54) is 16.7 Å². The first-order valence-corrected chi connectivity index (χ1v) is 8.40. The largest absolute Gasteiger partial charge is 0.0843 e. The molecule has 22 heavy (non-hydrogen) atoms. The van der Waals surface area contributed by atoms with Crippen molar-refractivity contribution in [1.82, 2.24) is 0 Å². The van der Waals surface area contributed by atoms with Crippen LogP contribution in [0.1, 0.15) is 51.3 Å². The van der Waals surface area contributed by atoms with Crippen LogP contribution in [-0.2, 0) is 17.3 Å². The van der Waals surface area contributed by atoms with Gasteiger partial charge in [0.1, 0.15) is 0 Å². The van der Waals surface area contributed by atoms with Gasteiger partial charge in [0, 0.05) is 10.0 Å². The third-order valence-electron chi connectivity index (χ3n) is 4.09. The smallest absolute Gasteiger partial charge is 0.0446 e. The molecule has 0 aromatic heterocycles. The lowest BCUT2D eigenvalue weighted by molar-refractivity contribution is 0.522. The fraction of sp³-hybridized carbons (Fsp3) is 0.400. The summed E-state index contributed by atoms with van der Waals surface area (Å²) in [5, 5.41) is 1.64. The second kappa shape index (κ2) is 6.26. The van der Waals surface area contributed by atoms with Crippen molar-refractivity contribution in [3.05, 3.63) is 69.2 Å². The minimum Gasteiger partial charge on any atom is -0.0843 e. The summed E-state index contributed by atoms with van der Waals surface area (Å²) in [6, 6.07) is 14.6. The molecule has 2 aromatic carbocycles. The van der Waals surface area contributed by atoms with Gasteiger partial charge in [-0.05, 0) is 52.1 Å². The van der Waals surface area contributed by atoms with E-state index in [0.717, 1.165) is 16.5 Å². The highest BCUT2D eigenvalue weighted by Gasteiger charge is 2.23. The zero-order valence-electron chi connectivity index (χ0n) is 14.0. The molecule has 0 atom stereocenters. The number of hydrogen-bond donors (Lipinski definition) is 0. The molecule has 0 saturated heterocycles. The molecule has 2 rings (SSSR count). The molecule has 0 nitrogen and oxygen atoms in total. The Hall–Kier alpha value is -0.980. The maximum absolute atomic E-state index is 6.49. The Morgan fingerprint density at radius 3 is 2.09 bits per heavy atom. The molecule has 0 amide bonds. The predicted molar refractivity (Wildman–Crippen MR) is 98.3 cm³/mol. The van der Waals surface area contributed by atoms with Gasteiger partial charge in [-0.3, -0.25) is 0 Å². The lowest BCUT2D eigenvalue weighted by Gasteiger charge is -2.27. The van der Waals surface area contributed by atoms with E-state index in [4.69, 9.17) is 23.2 Å². The van der Waals surface area contributed by atoms with Crippen LogP contribution in [0.2, 0.25) is 10.0 Å². The molecule has 0 fully saturated rings. The molecule has 0 radical (unpaired) electrons. The van der Waals surface area contributed by atoms with Crippen LogP contribution < -0.4 is 0 Å². The van der Waals surface area contributed by atoms with Crippen LogP contribution in [-0.4, -0.2) is 0 Å². The van der Waals surface area contributed by atoms with Crippen molar-refractivity contribution in [2.45, 2.75) is 51.9 Å². The van der Waals surface area contributed by atoms with Gasteiger partial charge in [-0.15, -0.1) is 0 Å². The summed E-state index contributed by atoms with van der Waals surface area (Å²) >= 11 is 12.6. The van der Waals surface area contributed by atoms with Gasteiger partial charge in [-0.25, -0.2) is 0 Å². The molecule has 0 saturated carbocycles. The molecule has 0 heterocycles. The quantitative estimate of drug-likeness (QED) is 0.578. The molecule has 0 spiro atoms. The van der Waals surface area contributed by atoms with Crippen molar-refractivity contribution in [1.29, 1.82) is 0 Å². The van der Waals surface area contributed by atoms with E-state index in [0.29, 0.717) is 0 Å². The van der Waals surface area contributed by atoms with Gasteiger partial charge in [-0.2, -0.15) is 0 Å². The predicted octanol–water partition coefficient (Wildman–Crippen LogP) is 6.81. The maximum atomic E-state index is 6.49. The highest BCUT2D eigenvalue weighted by Crippen LogP contribution is 2.33. The summed E-state index contributed by atoms with van der Waals surface area (Å²) in [5.74, 6) is 0. The van der Waals surface area contributed by atoms with Gasteiger partial charge in [0.15, 0.2) is 0 Å². The summed E-state index contributed by atoms with van der Waals surface area (Å²) in [6.45, 7) is 11.0. The highest BCUT2D eigenvalue weighted by atomic mass is 35.5. The van der Waals surface area contributed by atoms with Crippen molar-refractivity contribution in [2.75, 3.05) is 0 Å². The van der Waals surface area contributed by atoms with E-state index in [1.54, 1.807) is 0 Å². The molecule has 0 unspecified atom stereocenters. The standard InChI is InChI=1S/C20H24Cl2/c1-19(2,3)17-10-9-14(11-18(17)22)13-20(4,5)15-7-6-8-16(21)12-15/h6-12H,13H2,1-5H3. The fourth-order valence-electron chi connectivity index (χ4n) is 2.80. The Balaban J connectivity index is 2.29. The molecule has 0 bridgehead atoms. The Morgan fingerprint density at radius 2 is 1.55 bits per heavy atom. The molecule has 0 aliphatic rings. The van der Waals surface area contributed by atoms with Crippen molar-refractivity contribution >= 4 is 23.2 Å². The van der Waals surface area contributed by atoms with E-state index in [-0.39, 0.29) is 10.8 Å². The van der Waals surface area contributed by atoms with Gasteiger partial charge >= 0.3 is 0 Å². The minimum atomic E-state index is 0.0114. The van der Waals surface area contributed by atoms with E-state index >= 15 is 0 Å². The SMILES string of the molecule is CC(C)(C)c1ccc(CC(C)(C)c2cccc(Cl)c2)cc1Cl. The highest BCUT2D eigenvalue weighted by molar-refractivity contribution is 6.31. The average Bonchev–Trinajstić information content (AvgIpc) is 2.36. The molecular formula is C20H24Cl2. The number of benzene rings is 2. The maximum Gasteiger partial charge on any atom is 0.0446 e. The molecule has 2 heteroatoms. The monoisotopic (exact) mass is 334 g/mol. The fourth-order valence-corrected chi connectivity index (χ4v) is 3.48. The third kappa shape index (κ3) is 4.06. The van der Waals surface area contributed by atoms with Gasteiger partial charge < -0.3 is 0 Å². The van der Waals surface area contributed by atoms with Crippen LogP contribution in [0.25, 0.3) is 0 Å². The van der Waals surface area contributed by atoms with E-state index < -0.39 is 0 Å².